The van der Waals surface area contributed by atoms with Crippen molar-refractivity contribution in [3.63, 3.8) is 0 Å². The van der Waals surface area contributed by atoms with E-state index in [1.54, 1.807) is 0 Å². The molecule has 0 saturated heterocycles. The number of nitrogens with zero attached hydrogens (tertiary/aromatic N) is 1. The molecule has 4 nitrogen and oxygen atoms in total. The second-order valence-corrected chi connectivity index (χ2v) is 5.87. The normalized spacial score (nSPS) is 17.7. The maximum absolute atomic E-state index is 12.3. The lowest BCUT2D eigenvalue weighted by molar-refractivity contribution is -0.125. The van der Waals surface area contributed by atoms with E-state index in [0.717, 1.165) is 25.7 Å². The van der Waals surface area contributed by atoms with Crippen LogP contribution in [0.5, 0.6) is 0 Å². The summed E-state index contributed by atoms with van der Waals surface area (Å²) in [6.45, 7) is 1.31. The predicted molar refractivity (Wildman–Crippen MR) is 85.1 cm³/mol. The van der Waals surface area contributed by atoms with Crippen molar-refractivity contribution < 1.29 is 4.79 Å². The van der Waals surface area contributed by atoms with Gasteiger partial charge in [0.05, 0.1) is 0 Å². The van der Waals surface area contributed by atoms with E-state index < -0.39 is 0 Å². The summed E-state index contributed by atoms with van der Waals surface area (Å²) in [6.07, 6.45) is 3.62. The Hall–Kier alpha value is -1.81. The fourth-order valence-corrected chi connectivity index (χ4v) is 3.41. The maximum Gasteiger partial charge on any atom is 0.223 e. The molecule has 0 aliphatic heterocycles. The zero-order chi connectivity index (χ0) is 14.8. The lowest BCUT2D eigenvalue weighted by Gasteiger charge is -2.22. The smallest absolute Gasteiger partial charge is 0.223 e. The predicted octanol–water partition coefficient (Wildman–Crippen LogP) is 1.75. The number of nitrogens with two attached hydrogens (primary N) is 1. The van der Waals surface area contributed by atoms with Gasteiger partial charge in [-0.25, -0.2) is 0 Å². The number of fused-ring (bicyclic) bond motifs is 3. The molecule has 0 fully saturated rings. The molecule has 4 heteroatoms. The third kappa shape index (κ3) is 2.56. The second kappa shape index (κ2) is 5.90. The molecule has 3 rings (SSSR count). The van der Waals surface area contributed by atoms with Crippen LogP contribution in [0.25, 0.3) is 10.9 Å². The third-order valence-corrected chi connectivity index (χ3v) is 4.57. The molecule has 1 amide bonds. The molecule has 112 valence electrons. The minimum Gasteiger partial charge on any atom is -0.356 e. The monoisotopic (exact) mass is 285 g/mol. The lowest BCUT2D eigenvalue weighted by Crippen LogP contribution is -2.35. The summed E-state index contributed by atoms with van der Waals surface area (Å²) in [5.41, 5.74) is 9.49. The first-order chi connectivity index (χ1) is 10.2. The Morgan fingerprint density at radius 2 is 2.24 bits per heavy atom. The summed E-state index contributed by atoms with van der Waals surface area (Å²) in [5.74, 6) is 0.281. The van der Waals surface area contributed by atoms with Crippen molar-refractivity contribution in [2.24, 2.45) is 18.7 Å². The number of nitrogens with one attached hydrogen (secondary N) is 1. The molecule has 1 aromatic heterocycles. The summed E-state index contributed by atoms with van der Waals surface area (Å²) in [6, 6.07) is 8.48. The van der Waals surface area contributed by atoms with Gasteiger partial charge < -0.3 is 15.6 Å². The average Bonchev–Trinajstić information content (AvgIpc) is 2.81. The highest BCUT2D eigenvalue weighted by molar-refractivity contribution is 5.87. The Labute approximate surface area is 125 Å². The molecular formula is C17H23N3O. The van der Waals surface area contributed by atoms with E-state index in [1.807, 2.05) is 0 Å². The first-order valence-electron chi connectivity index (χ1n) is 7.75. The summed E-state index contributed by atoms with van der Waals surface area (Å²) < 4.78 is 2.28. The van der Waals surface area contributed by atoms with E-state index in [2.05, 4.69) is 41.2 Å². The minimum atomic E-state index is 0.0982. The van der Waals surface area contributed by atoms with Crippen LogP contribution in [0.2, 0.25) is 0 Å². The molecule has 1 aliphatic carbocycles. The molecular weight excluding hydrogens is 262 g/mol. The van der Waals surface area contributed by atoms with Crippen LogP contribution < -0.4 is 11.1 Å². The summed E-state index contributed by atoms with van der Waals surface area (Å²) in [4.78, 5) is 12.3. The molecule has 1 heterocycles. The van der Waals surface area contributed by atoms with Gasteiger partial charge in [0.2, 0.25) is 5.91 Å². The largest absolute Gasteiger partial charge is 0.356 e. The molecule has 1 unspecified atom stereocenters. The fraction of sp³-hybridized carbons (Fsp3) is 0.471. The minimum absolute atomic E-state index is 0.0982. The molecule has 3 N–H and O–H groups in total. The Morgan fingerprint density at radius 1 is 1.43 bits per heavy atom. The highest BCUT2D eigenvalue weighted by Gasteiger charge is 2.28. The van der Waals surface area contributed by atoms with E-state index in [4.69, 9.17) is 5.73 Å². The van der Waals surface area contributed by atoms with Gasteiger partial charge in [-0.05, 0) is 43.9 Å². The van der Waals surface area contributed by atoms with Gasteiger partial charge in [-0.3, -0.25) is 4.79 Å². The number of carbonyl (C=O) groups excluding carboxylic acids is 1. The van der Waals surface area contributed by atoms with Crippen molar-refractivity contribution in [1.29, 1.82) is 0 Å². The van der Waals surface area contributed by atoms with E-state index in [-0.39, 0.29) is 11.8 Å². The van der Waals surface area contributed by atoms with Gasteiger partial charge in [-0.2, -0.15) is 0 Å². The molecule has 0 radical (unpaired) electrons. The SMILES string of the molecule is Cn1c2c(c3ccccc31)CC(C(=O)NCCCN)CC2. The van der Waals surface area contributed by atoms with Gasteiger partial charge in [-0.1, -0.05) is 18.2 Å². The summed E-state index contributed by atoms with van der Waals surface area (Å²) in [7, 11) is 2.13. The summed E-state index contributed by atoms with van der Waals surface area (Å²) >= 11 is 0. The Bertz CT molecular complexity index is 659. The van der Waals surface area contributed by atoms with Gasteiger partial charge in [0, 0.05) is 36.1 Å². The topological polar surface area (TPSA) is 60.0 Å². The van der Waals surface area contributed by atoms with Crippen molar-refractivity contribution in [2.45, 2.75) is 25.7 Å². The Kier molecular flexibility index (Phi) is 3.97. The Morgan fingerprint density at radius 3 is 3.05 bits per heavy atom. The van der Waals surface area contributed by atoms with Crippen LogP contribution in [0.3, 0.4) is 0 Å². The average molecular weight is 285 g/mol. The number of carbonyl (C=O) groups is 1. The first kappa shape index (κ1) is 14.1. The van der Waals surface area contributed by atoms with Crippen LogP contribution >= 0.6 is 0 Å². The molecule has 2 aromatic rings. The van der Waals surface area contributed by atoms with Crippen molar-refractivity contribution in [3.05, 3.63) is 35.5 Å². The zero-order valence-corrected chi connectivity index (χ0v) is 12.6. The van der Waals surface area contributed by atoms with E-state index in [9.17, 15) is 4.79 Å². The van der Waals surface area contributed by atoms with Gasteiger partial charge in [0.1, 0.15) is 0 Å². The number of hydrogen-bond donors (Lipinski definition) is 2. The first-order valence-corrected chi connectivity index (χ1v) is 7.75. The van der Waals surface area contributed by atoms with Crippen LogP contribution in [-0.2, 0) is 24.7 Å². The second-order valence-electron chi connectivity index (χ2n) is 5.87. The van der Waals surface area contributed by atoms with E-state index >= 15 is 0 Å². The van der Waals surface area contributed by atoms with Crippen LogP contribution in [0, 0.1) is 5.92 Å². The molecule has 1 aromatic carbocycles. The number of benzene rings is 1. The fourth-order valence-electron chi connectivity index (χ4n) is 3.41. The van der Waals surface area contributed by atoms with Gasteiger partial charge in [0.25, 0.3) is 0 Å². The van der Waals surface area contributed by atoms with Crippen molar-refractivity contribution in [1.82, 2.24) is 9.88 Å². The number of para-hydroxylation sites is 1. The molecule has 0 saturated carbocycles. The van der Waals surface area contributed by atoms with Gasteiger partial charge in [-0.15, -0.1) is 0 Å². The van der Waals surface area contributed by atoms with Gasteiger partial charge in [0.15, 0.2) is 0 Å². The number of hydrogen-bond acceptors (Lipinski definition) is 2. The number of aryl methyl sites for hydroxylation is 1. The number of aromatic nitrogens is 1. The Balaban J connectivity index is 1.82. The van der Waals surface area contributed by atoms with E-state index in [1.165, 1.54) is 22.2 Å². The number of rotatable bonds is 4. The highest BCUT2D eigenvalue weighted by atomic mass is 16.1. The van der Waals surface area contributed by atoms with Crippen molar-refractivity contribution in [3.8, 4) is 0 Å². The van der Waals surface area contributed by atoms with Crippen LogP contribution in [0.15, 0.2) is 24.3 Å². The highest BCUT2D eigenvalue weighted by Crippen LogP contribution is 2.33. The third-order valence-electron chi connectivity index (χ3n) is 4.57. The van der Waals surface area contributed by atoms with E-state index in [0.29, 0.717) is 13.1 Å². The maximum atomic E-state index is 12.3. The molecule has 1 atom stereocenters. The van der Waals surface area contributed by atoms with Crippen molar-refractivity contribution >= 4 is 16.8 Å². The quantitative estimate of drug-likeness (QED) is 0.841. The van der Waals surface area contributed by atoms with Crippen molar-refractivity contribution in [2.75, 3.05) is 13.1 Å². The molecule has 21 heavy (non-hydrogen) atoms. The molecule has 0 bridgehead atoms. The lowest BCUT2D eigenvalue weighted by atomic mass is 9.85. The molecule has 1 aliphatic rings. The zero-order valence-electron chi connectivity index (χ0n) is 12.6. The number of amides is 1. The van der Waals surface area contributed by atoms with Crippen LogP contribution in [0.4, 0.5) is 0 Å². The standard InChI is InChI=1S/C17H23N3O/c1-20-15-6-3-2-5-13(15)14-11-12(7-8-16(14)20)17(21)19-10-4-9-18/h2-3,5-6,12H,4,7-11,18H2,1H3,(H,19,21). The molecule has 0 spiro atoms. The van der Waals surface area contributed by atoms with Crippen LogP contribution in [0.1, 0.15) is 24.1 Å². The summed E-state index contributed by atoms with van der Waals surface area (Å²) in [5, 5.41) is 4.31. The van der Waals surface area contributed by atoms with Gasteiger partial charge >= 0.3 is 0 Å². The van der Waals surface area contributed by atoms with Crippen LogP contribution in [-0.4, -0.2) is 23.6 Å².